The second-order valence-corrected chi connectivity index (χ2v) is 5.77. The molecule has 1 N–H and O–H groups in total. The van der Waals surface area contributed by atoms with Crippen molar-refractivity contribution in [2.75, 3.05) is 32.8 Å². The monoisotopic (exact) mass is 311 g/mol. The van der Waals surface area contributed by atoms with Gasteiger partial charge in [-0.15, -0.1) is 0 Å². The summed E-state index contributed by atoms with van der Waals surface area (Å²) in [6, 6.07) is 14.6. The van der Waals surface area contributed by atoms with Gasteiger partial charge in [0, 0.05) is 31.4 Å². The second kappa shape index (κ2) is 8.09. The van der Waals surface area contributed by atoms with Crippen molar-refractivity contribution in [1.29, 1.82) is 0 Å². The van der Waals surface area contributed by atoms with Crippen LogP contribution in [0.5, 0.6) is 5.75 Å². The molecule has 1 aromatic carbocycles. The summed E-state index contributed by atoms with van der Waals surface area (Å²) < 4.78 is 5.89. The molecule has 122 valence electrons. The molecule has 0 radical (unpaired) electrons. The molecule has 4 nitrogen and oxygen atoms in total. The highest BCUT2D eigenvalue weighted by atomic mass is 16.5. The lowest BCUT2D eigenvalue weighted by atomic mass is 9.99. The topological polar surface area (TPSA) is 37.4 Å². The number of ether oxygens (including phenoxy) is 1. The number of aromatic nitrogens is 1. The Morgan fingerprint density at radius 2 is 2.00 bits per heavy atom. The molecule has 4 heteroatoms. The van der Waals surface area contributed by atoms with Crippen LogP contribution in [0.3, 0.4) is 0 Å². The number of rotatable bonds is 5. The Morgan fingerprint density at radius 3 is 2.83 bits per heavy atom. The molecule has 1 aromatic heterocycles. The van der Waals surface area contributed by atoms with Crippen molar-refractivity contribution in [3.63, 3.8) is 0 Å². The molecule has 3 rings (SSSR count). The zero-order valence-corrected chi connectivity index (χ0v) is 13.7. The molecule has 1 saturated heterocycles. The zero-order valence-electron chi connectivity index (χ0n) is 13.7. The quantitative estimate of drug-likeness (QED) is 0.921. The normalized spacial score (nSPS) is 17.4. The van der Waals surface area contributed by atoms with Crippen LogP contribution >= 0.6 is 0 Å². The zero-order chi connectivity index (χ0) is 15.9. The lowest BCUT2D eigenvalue weighted by Gasteiger charge is -2.31. The highest BCUT2D eigenvalue weighted by molar-refractivity contribution is 5.40. The van der Waals surface area contributed by atoms with Crippen LogP contribution in [0, 0.1) is 0 Å². The fraction of sp³-hybridized carbons (Fsp3) is 0.421. The van der Waals surface area contributed by atoms with Crippen molar-refractivity contribution in [3.05, 3.63) is 59.9 Å². The molecule has 2 heterocycles. The van der Waals surface area contributed by atoms with Crippen LogP contribution in [0.4, 0.5) is 0 Å². The molecule has 1 atom stereocenters. The van der Waals surface area contributed by atoms with E-state index in [1.54, 1.807) is 0 Å². The maximum absolute atomic E-state index is 5.89. The first-order chi connectivity index (χ1) is 11.4. The summed E-state index contributed by atoms with van der Waals surface area (Å²) in [5.74, 6) is 0.961. The largest absolute Gasteiger partial charge is 0.494 e. The van der Waals surface area contributed by atoms with Crippen molar-refractivity contribution in [2.24, 2.45) is 0 Å². The minimum atomic E-state index is 0.138. The van der Waals surface area contributed by atoms with Crippen LogP contribution in [0.2, 0.25) is 0 Å². The summed E-state index contributed by atoms with van der Waals surface area (Å²) in [5.41, 5.74) is 2.29. The minimum Gasteiger partial charge on any atom is -0.494 e. The molecule has 0 bridgehead atoms. The highest BCUT2D eigenvalue weighted by Gasteiger charge is 2.26. The number of nitrogens with one attached hydrogen (secondary N) is 1. The molecule has 1 unspecified atom stereocenters. The first-order valence-corrected chi connectivity index (χ1v) is 8.47. The Morgan fingerprint density at radius 1 is 1.13 bits per heavy atom. The molecule has 1 fully saturated rings. The summed E-state index contributed by atoms with van der Waals surface area (Å²) in [6.07, 6.45) is 3.03. The number of nitrogens with zero attached hydrogens (tertiary/aromatic N) is 2. The number of pyridine rings is 1. The van der Waals surface area contributed by atoms with Crippen LogP contribution < -0.4 is 10.1 Å². The molecule has 0 amide bonds. The van der Waals surface area contributed by atoms with E-state index in [1.165, 1.54) is 5.56 Å². The third-order valence-electron chi connectivity index (χ3n) is 4.22. The van der Waals surface area contributed by atoms with Crippen molar-refractivity contribution in [1.82, 2.24) is 15.2 Å². The van der Waals surface area contributed by atoms with Gasteiger partial charge in [-0.1, -0.05) is 24.3 Å². The van der Waals surface area contributed by atoms with E-state index >= 15 is 0 Å². The summed E-state index contributed by atoms with van der Waals surface area (Å²) >= 11 is 0. The number of hydrogen-bond donors (Lipinski definition) is 1. The van der Waals surface area contributed by atoms with Gasteiger partial charge in [0.2, 0.25) is 0 Å². The van der Waals surface area contributed by atoms with Gasteiger partial charge in [-0.3, -0.25) is 9.88 Å². The van der Waals surface area contributed by atoms with Gasteiger partial charge in [0.05, 0.1) is 18.3 Å². The summed E-state index contributed by atoms with van der Waals surface area (Å²) in [4.78, 5) is 7.16. The van der Waals surface area contributed by atoms with E-state index in [0.29, 0.717) is 6.61 Å². The lowest BCUT2D eigenvalue weighted by molar-refractivity contribution is 0.230. The number of hydrogen-bond acceptors (Lipinski definition) is 4. The van der Waals surface area contributed by atoms with Gasteiger partial charge in [0.25, 0.3) is 0 Å². The van der Waals surface area contributed by atoms with Crippen LogP contribution in [-0.2, 0) is 0 Å². The standard InChI is InChI=1S/C19H25N3O/c1-2-23-18-10-4-3-8-16(18)19(17-9-5-6-12-21-17)22-14-7-11-20-13-15-22/h3-6,8-10,12,19-20H,2,7,11,13-15H2,1H3. The number of benzene rings is 1. The van der Waals surface area contributed by atoms with Gasteiger partial charge in [-0.2, -0.15) is 0 Å². The SMILES string of the molecule is CCOc1ccccc1C(c1ccccn1)N1CCCNCC1. The van der Waals surface area contributed by atoms with Crippen molar-refractivity contribution >= 4 is 0 Å². The summed E-state index contributed by atoms with van der Waals surface area (Å²) in [6.45, 7) is 6.88. The first-order valence-electron chi connectivity index (χ1n) is 8.47. The van der Waals surface area contributed by atoms with E-state index in [4.69, 9.17) is 4.74 Å². The predicted molar refractivity (Wildman–Crippen MR) is 92.8 cm³/mol. The molecular formula is C19H25N3O. The van der Waals surface area contributed by atoms with Gasteiger partial charge >= 0.3 is 0 Å². The maximum Gasteiger partial charge on any atom is 0.124 e. The van der Waals surface area contributed by atoms with Crippen LogP contribution in [0.15, 0.2) is 48.7 Å². The van der Waals surface area contributed by atoms with Crippen LogP contribution in [0.25, 0.3) is 0 Å². The van der Waals surface area contributed by atoms with Gasteiger partial charge < -0.3 is 10.1 Å². The lowest BCUT2D eigenvalue weighted by Crippen LogP contribution is -2.33. The van der Waals surface area contributed by atoms with Gasteiger partial charge in [-0.25, -0.2) is 0 Å². The third kappa shape index (κ3) is 3.89. The van der Waals surface area contributed by atoms with E-state index in [2.05, 4.69) is 45.5 Å². The van der Waals surface area contributed by atoms with E-state index in [9.17, 15) is 0 Å². The second-order valence-electron chi connectivity index (χ2n) is 5.77. The first kappa shape index (κ1) is 16.0. The Balaban J connectivity index is 2.01. The molecule has 0 saturated carbocycles. The van der Waals surface area contributed by atoms with E-state index in [1.807, 2.05) is 25.3 Å². The molecule has 2 aromatic rings. The third-order valence-corrected chi connectivity index (χ3v) is 4.22. The van der Waals surface area contributed by atoms with Crippen LogP contribution in [-0.4, -0.2) is 42.7 Å². The maximum atomic E-state index is 5.89. The van der Waals surface area contributed by atoms with Crippen molar-refractivity contribution < 1.29 is 4.74 Å². The molecule has 1 aliphatic heterocycles. The summed E-state index contributed by atoms with van der Waals surface area (Å²) in [5, 5.41) is 3.48. The predicted octanol–water partition coefficient (Wildman–Crippen LogP) is 2.87. The Labute approximate surface area is 138 Å². The van der Waals surface area contributed by atoms with Gasteiger partial charge in [-0.05, 0) is 38.1 Å². The molecule has 23 heavy (non-hydrogen) atoms. The smallest absolute Gasteiger partial charge is 0.124 e. The molecule has 0 spiro atoms. The van der Waals surface area contributed by atoms with E-state index in [0.717, 1.165) is 44.0 Å². The Kier molecular flexibility index (Phi) is 5.61. The fourth-order valence-corrected chi connectivity index (χ4v) is 3.20. The van der Waals surface area contributed by atoms with E-state index < -0.39 is 0 Å². The Hall–Kier alpha value is -1.91. The fourth-order valence-electron chi connectivity index (χ4n) is 3.20. The van der Waals surface area contributed by atoms with Crippen molar-refractivity contribution in [2.45, 2.75) is 19.4 Å². The molecular weight excluding hydrogens is 286 g/mol. The number of para-hydroxylation sites is 1. The van der Waals surface area contributed by atoms with Crippen molar-refractivity contribution in [3.8, 4) is 5.75 Å². The molecule has 0 aliphatic carbocycles. The highest BCUT2D eigenvalue weighted by Crippen LogP contribution is 2.34. The van der Waals surface area contributed by atoms with Crippen LogP contribution in [0.1, 0.15) is 30.6 Å². The molecule has 1 aliphatic rings. The average Bonchev–Trinajstić information content (AvgIpc) is 2.87. The Bertz CT molecular complexity index is 595. The average molecular weight is 311 g/mol. The summed E-state index contributed by atoms with van der Waals surface area (Å²) in [7, 11) is 0. The van der Waals surface area contributed by atoms with Gasteiger partial charge in [0.15, 0.2) is 0 Å². The minimum absolute atomic E-state index is 0.138. The van der Waals surface area contributed by atoms with E-state index in [-0.39, 0.29) is 6.04 Å². The van der Waals surface area contributed by atoms with Gasteiger partial charge in [0.1, 0.15) is 5.75 Å².